The van der Waals surface area contributed by atoms with Crippen molar-refractivity contribution in [1.29, 1.82) is 0 Å². The van der Waals surface area contributed by atoms with Gasteiger partial charge in [0.2, 0.25) is 5.91 Å². The van der Waals surface area contributed by atoms with Crippen LogP contribution in [0.2, 0.25) is 0 Å². The fourth-order valence-electron chi connectivity index (χ4n) is 1.71. The molecule has 1 heterocycles. The number of likely N-dealkylation sites (tertiary alicyclic amines) is 1. The number of carboxylic acids is 1. The van der Waals surface area contributed by atoms with E-state index in [0.29, 0.717) is 13.0 Å². The van der Waals surface area contributed by atoms with Crippen LogP contribution in [0, 0.1) is 0 Å². The summed E-state index contributed by atoms with van der Waals surface area (Å²) in [6.07, 6.45) is 2.26. The molecule has 0 saturated carbocycles. The van der Waals surface area contributed by atoms with Crippen LogP contribution in [-0.2, 0) is 9.59 Å². The summed E-state index contributed by atoms with van der Waals surface area (Å²) in [5, 5.41) is 8.90. The molecule has 0 bridgehead atoms. The topological polar surface area (TPSA) is 83.6 Å². The number of carbonyl (C=O) groups excluding carboxylic acids is 1. The highest BCUT2D eigenvalue weighted by atomic mass is 16.4. The van der Waals surface area contributed by atoms with Gasteiger partial charge >= 0.3 is 5.97 Å². The van der Waals surface area contributed by atoms with Crippen LogP contribution in [0.25, 0.3) is 0 Å². The summed E-state index contributed by atoms with van der Waals surface area (Å²) in [7, 11) is 0. The van der Waals surface area contributed by atoms with Crippen molar-refractivity contribution in [1.82, 2.24) is 4.90 Å². The first-order valence-electron chi connectivity index (χ1n) is 4.83. The van der Waals surface area contributed by atoms with Crippen molar-refractivity contribution in [3.8, 4) is 0 Å². The van der Waals surface area contributed by atoms with Gasteiger partial charge in [-0.2, -0.15) is 0 Å². The van der Waals surface area contributed by atoms with Crippen molar-refractivity contribution < 1.29 is 14.7 Å². The molecule has 3 N–H and O–H groups in total. The van der Waals surface area contributed by atoms with Gasteiger partial charge in [0.15, 0.2) is 0 Å². The zero-order chi connectivity index (χ0) is 10.7. The van der Waals surface area contributed by atoms with Crippen LogP contribution in [-0.4, -0.2) is 40.5 Å². The number of nitrogens with two attached hydrogens (primary N) is 1. The summed E-state index contributed by atoms with van der Waals surface area (Å²) in [5.41, 5.74) is 5.44. The Bertz CT molecular complexity index is 240. The second-order valence-electron chi connectivity index (χ2n) is 3.67. The molecule has 1 amide bonds. The largest absolute Gasteiger partial charge is 0.480 e. The van der Waals surface area contributed by atoms with E-state index in [1.54, 1.807) is 6.92 Å². The maximum Gasteiger partial charge on any atom is 0.326 e. The van der Waals surface area contributed by atoms with Gasteiger partial charge in [0, 0.05) is 6.54 Å². The maximum atomic E-state index is 11.6. The van der Waals surface area contributed by atoms with E-state index >= 15 is 0 Å². The molecule has 1 unspecified atom stereocenters. The molecular formula is C9H16N2O3. The van der Waals surface area contributed by atoms with E-state index in [2.05, 4.69) is 0 Å². The molecule has 1 saturated heterocycles. The van der Waals surface area contributed by atoms with E-state index in [4.69, 9.17) is 10.8 Å². The van der Waals surface area contributed by atoms with Crippen LogP contribution >= 0.6 is 0 Å². The zero-order valence-corrected chi connectivity index (χ0v) is 8.27. The standard InChI is InChI=1S/C9H16N2O3/c1-6(10)8(12)11-5-3-2-4-7(11)9(13)14/h6-7H,2-5,10H2,1H3,(H,13,14)/t6-,7?/m1/s1. The molecule has 80 valence electrons. The number of aliphatic carboxylic acids is 1. The second kappa shape index (κ2) is 4.41. The average molecular weight is 200 g/mol. The van der Waals surface area contributed by atoms with Crippen LogP contribution in [0.3, 0.4) is 0 Å². The van der Waals surface area contributed by atoms with Gasteiger partial charge in [-0.1, -0.05) is 0 Å². The van der Waals surface area contributed by atoms with Crippen LogP contribution in [0.4, 0.5) is 0 Å². The molecule has 1 rings (SSSR count). The molecule has 0 aromatic carbocycles. The van der Waals surface area contributed by atoms with Gasteiger partial charge in [-0.3, -0.25) is 4.79 Å². The van der Waals surface area contributed by atoms with E-state index in [1.165, 1.54) is 4.90 Å². The smallest absolute Gasteiger partial charge is 0.326 e. The van der Waals surface area contributed by atoms with Crippen LogP contribution in [0.1, 0.15) is 26.2 Å². The summed E-state index contributed by atoms with van der Waals surface area (Å²) >= 11 is 0. The van der Waals surface area contributed by atoms with Gasteiger partial charge in [-0.25, -0.2) is 4.79 Å². The van der Waals surface area contributed by atoms with E-state index < -0.39 is 18.1 Å². The third-order valence-electron chi connectivity index (χ3n) is 2.46. The first-order chi connectivity index (χ1) is 6.54. The van der Waals surface area contributed by atoms with Gasteiger partial charge in [0.1, 0.15) is 6.04 Å². The number of nitrogens with zero attached hydrogens (tertiary/aromatic N) is 1. The normalized spacial score (nSPS) is 24.4. The van der Waals surface area contributed by atoms with Gasteiger partial charge in [0.05, 0.1) is 6.04 Å². The predicted molar refractivity (Wildman–Crippen MR) is 50.6 cm³/mol. The first-order valence-corrected chi connectivity index (χ1v) is 4.83. The molecule has 1 aliphatic heterocycles. The molecule has 1 fully saturated rings. The number of rotatable bonds is 2. The number of hydrogen-bond donors (Lipinski definition) is 2. The van der Waals surface area contributed by atoms with Crippen molar-refractivity contribution >= 4 is 11.9 Å². The fourth-order valence-corrected chi connectivity index (χ4v) is 1.71. The number of carbonyl (C=O) groups is 2. The van der Waals surface area contributed by atoms with E-state index in [0.717, 1.165) is 12.8 Å². The lowest BCUT2D eigenvalue weighted by atomic mass is 10.0. The molecule has 5 heteroatoms. The molecule has 0 spiro atoms. The van der Waals surface area contributed by atoms with Crippen molar-refractivity contribution in [3.63, 3.8) is 0 Å². The lowest BCUT2D eigenvalue weighted by molar-refractivity contribution is -0.152. The Kier molecular flexibility index (Phi) is 3.46. The number of carboxylic acid groups (broad SMARTS) is 1. The van der Waals surface area contributed by atoms with Crippen molar-refractivity contribution in [2.24, 2.45) is 5.73 Å². The van der Waals surface area contributed by atoms with Gasteiger partial charge in [-0.15, -0.1) is 0 Å². The molecule has 0 aromatic rings. The third-order valence-corrected chi connectivity index (χ3v) is 2.46. The number of piperidine rings is 1. The minimum atomic E-state index is -0.932. The summed E-state index contributed by atoms with van der Waals surface area (Å²) < 4.78 is 0. The van der Waals surface area contributed by atoms with Crippen LogP contribution in [0.5, 0.6) is 0 Å². The first kappa shape index (κ1) is 11.0. The Morgan fingerprint density at radius 2 is 2.14 bits per heavy atom. The summed E-state index contributed by atoms with van der Waals surface area (Å²) in [5.74, 6) is -1.20. The summed E-state index contributed by atoms with van der Waals surface area (Å²) in [6.45, 7) is 2.09. The van der Waals surface area contributed by atoms with E-state index in [1.807, 2.05) is 0 Å². The third kappa shape index (κ3) is 2.23. The Morgan fingerprint density at radius 3 is 2.64 bits per heavy atom. The van der Waals surface area contributed by atoms with Crippen LogP contribution < -0.4 is 5.73 Å². The Labute approximate surface area is 82.9 Å². The quantitative estimate of drug-likeness (QED) is 0.646. The van der Waals surface area contributed by atoms with Crippen molar-refractivity contribution in [3.05, 3.63) is 0 Å². The van der Waals surface area contributed by atoms with E-state index in [9.17, 15) is 9.59 Å². The second-order valence-corrected chi connectivity index (χ2v) is 3.67. The molecule has 0 aromatic heterocycles. The number of amides is 1. The zero-order valence-electron chi connectivity index (χ0n) is 8.27. The van der Waals surface area contributed by atoms with E-state index in [-0.39, 0.29) is 5.91 Å². The monoisotopic (exact) mass is 200 g/mol. The van der Waals surface area contributed by atoms with Gasteiger partial charge in [0.25, 0.3) is 0 Å². The Balaban J connectivity index is 2.72. The predicted octanol–water partition coefficient (Wildman–Crippen LogP) is -0.201. The molecule has 2 atom stereocenters. The fraction of sp³-hybridized carbons (Fsp3) is 0.778. The Hall–Kier alpha value is -1.10. The molecule has 0 radical (unpaired) electrons. The van der Waals surface area contributed by atoms with Crippen molar-refractivity contribution in [2.45, 2.75) is 38.3 Å². The highest BCUT2D eigenvalue weighted by Gasteiger charge is 2.32. The van der Waals surface area contributed by atoms with Gasteiger partial charge < -0.3 is 15.7 Å². The van der Waals surface area contributed by atoms with Crippen LogP contribution in [0.15, 0.2) is 0 Å². The average Bonchev–Trinajstić information content (AvgIpc) is 2.16. The SMILES string of the molecule is C[C@@H](N)C(=O)N1CCCCC1C(=O)O. The lowest BCUT2D eigenvalue weighted by Crippen LogP contribution is -2.52. The molecule has 1 aliphatic rings. The summed E-state index contributed by atoms with van der Waals surface area (Å²) in [6, 6.07) is -1.29. The molecule has 0 aliphatic carbocycles. The lowest BCUT2D eigenvalue weighted by Gasteiger charge is -2.33. The highest BCUT2D eigenvalue weighted by Crippen LogP contribution is 2.17. The molecule has 14 heavy (non-hydrogen) atoms. The highest BCUT2D eigenvalue weighted by molar-refractivity contribution is 5.86. The number of hydrogen-bond acceptors (Lipinski definition) is 3. The maximum absolute atomic E-state index is 11.6. The molecule has 5 nitrogen and oxygen atoms in total. The molecular weight excluding hydrogens is 184 g/mol. The minimum Gasteiger partial charge on any atom is -0.480 e. The summed E-state index contributed by atoms with van der Waals surface area (Å²) in [4.78, 5) is 23.8. The minimum absolute atomic E-state index is 0.267. The Morgan fingerprint density at radius 1 is 1.50 bits per heavy atom. The van der Waals surface area contributed by atoms with Crippen molar-refractivity contribution in [2.75, 3.05) is 6.54 Å². The van der Waals surface area contributed by atoms with Gasteiger partial charge in [-0.05, 0) is 26.2 Å².